The molecule has 0 atom stereocenters. The first-order valence-electron chi connectivity index (χ1n) is 6.08. The van der Waals surface area contributed by atoms with E-state index in [1.54, 1.807) is 6.07 Å². The van der Waals surface area contributed by atoms with Crippen LogP contribution in [0.4, 0.5) is 13.2 Å². The minimum Gasteiger partial charge on any atom is -0.207 e. The maximum absolute atomic E-state index is 13.4. The number of halogens is 3. The van der Waals surface area contributed by atoms with Crippen molar-refractivity contribution >= 4 is 10.0 Å². The highest BCUT2D eigenvalue weighted by atomic mass is 32.2. The molecule has 2 aromatic rings. The molecule has 0 bridgehead atoms. The maximum atomic E-state index is 13.4. The van der Waals surface area contributed by atoms with Crippen LogP contribution in [0.1, 0.15) is 5.56 Å². The monoisotopic (exact) mass is 325 g/mol. The van der Waals surface area contributed by atoms with E-state index >= 15 is 0 Å². The van der Waals surface area contributed by atoms with Crippen LogP contribution in [0.15, 0.2) is 47.4 Å². The number of rotatable bonds is 3. The number of sulfonamides is 1. The van der Waals surface area contributed by atoms with Gasteiger partial charge in [-0.15, -0.1) is 0 Å². The molecule has 0 saturated carbocycles. The minimum absolute atomic E-state index is 0.110. The summed E-state index contributed by atoms with van der Waals surface area (Å²) in [6, 6.07) is 7.83. The molecule has 0 saturated heterocycles. The van der Waals surface area contributed by atoms with Crippen molar-refractivity contribution in [2.45, 2.75) is 4.90 Å². The van der Waals surface area contributed by atoms with Crippen molar-refractivity contribution in [3.63, 3.8) is 0 Å². The Morgan fingerprint density at radius 3 is 2.45 bits per heavy atom. The highest BCUT2D eigenvalue weighted by Crippen LogP contribution is 2.15. The van der Waals surface area contributed by atoms with Gasteiger partial charge in [0.2, 0.25) is 10.0 Å². The van der Waals surface area contributed by atoms with Crippen LogP contribution in [0.2, 0.25) is 0 Å². The molecule has 0 unspecified atom stereocenters. The van der Waals surface area contributed by atoms with E-state index in [9.17, 15) is 21.6 Å². The summed E-state index contributed by atoms with van der Waals surface area (Å²) < 4.78 is 65.4. The molecule has 3 nitrogen and oxygen atoms in total. The summed E-state index contributed by atoms with van der Waals surface area (Å²) in [5.74, 6) is 2.37. The highest BCUT2D eigenvalue weighted by molar-refractivity contribution is 7.89. The summed E-state index contributed by atoms with van der Waals surface area (Å²) in [6.07, 6.45) is 0. The molecule has 114 valence electrons. The molecule has 0 aromatic heterocycles. The Morgan fingerprint density at radius 1 is 1.00 bits per heavy atom. The standard InChI is InChI=1S/C15H10F3NO2S/c16-12-7-8-14(18)15(10-12)22(20,21)19-9-3-5-11-4-1-2-6-13(11)17/h1-2,4,6-8,10,19H,9H2. The van der Waals surface area contributed by atoms with Crippen LogP contribution in [-0.4, -0.2) is 15.0 Å². The molecule has 0 aliphatic rings. The third kappa shape index (κ3) is 3.87. The molecule has 0 heterocycles. The molecule has 2 rings (SSSR count). The van der Waals surface area contributed by atoms with E-state index in [0.29, 0.717) is 6.07 Å². The van der Waals surface area contributed by atoms with Gasteiger partial charge in [0.1, 0.15) is 22.3 Å². The molecular weight excluding hydrogens is 315 g/mol. The Labute approximate surface area is 125 Å². The van der Waals surface area contributed by atoms with Crippen LogP contribution in [0.3, 0.4) is 0 Å². The largest absolute Gasteiger partial charge is 0.244 e. The Kier molecular flexibility index (Phi) is 4.85. The van der Waals surface area contributed by atoms with Gasteiger partial charge in [-0.05, 0) is 30.3 Å². The lowest BCUT2D eigenvalue weighted by Gasteiger charge is -2.05. The first kappa shape index (κ1) is 16.1. The van der Waals surface area contributed by atoms with Crippen LogP contribution >= 0.6 is 0 Å². The normalized spacial score (nSPS) is 10.9. The fourth-order valence-electron chi connectivity index (χ4n) is 1.59. The van der Waals surface area contributed by atoms with Gasteiger partial charge in [0.05, 0.1) is 12.1 Å². The number of hydrogen-bond donors (Lipinski definition) is 1. The van der Waals surface area contributed by atoms with Crippen LogP contribution in [0.5, 0.6) is 0 Å². The van der Waals surface area contributed by atoms with Gasteiger partial charge in [-0.1, -0.05) is 24.0 Å². The van der Waals surface area contributed by atoms with Gasteiger partial charge < -0.3 is 0 Å². The Morgan fingerprint density at radius 2 is 1.73 bits per heavy atom. The van der Waals surface area contributed by atoms with Crippen molar-refractivity contribution < 1.29 is 21.6 Å². The molecule has 0 spiro atoms. The molecule has 1 N–H and O–H groups in total. The first-order valence-corrected chi connectivity index (χ1v) is 7.56. The van der Waals surface area contributed by atoms with E-state index in [2.05, 4.69) is 11.8 Å². The van der Waals surface area contributed by atoms with Gasteiger partial charge in [0.25, 0.3) is 0 Å². The van der Waals surface area contributed by atoms with Crippen LogP contribution in [0.25, 0.3) is 0 Å². The summed E-state index contributed by atoms with van der Waals surface area (Å²) in [6.45, 7) is -0.368. The van der Waals surface area contributed by atoms with E-state index in [1.807, 2.05) is 4.72 Å². The lowest BCUT2D eigenvalue weighted by atomic mass is 10.2. The van der Waals surface area contributed by atoms with Crippen molar-refractivity contribution in [2.75, 3.05) is 6.54 Å². The Hall–Kier alpha value is -2.30. The van der Waals surface area contributed by atoms with Gasteiger partial charge in [0.15, 0.2) is 0 Å². The number of benzene rings is 2. The molecule has 0 aliphatic carbocycles. The summed E-state index contributed by atoms with van der Waals surface area (Å²) in [7, 11) is -4.24. The van der Waals surface area contributed by atoms with E-state index in [1.165, 1.54) is 18.2 Å². The summed E-state index contributed by atoms with van der Waals surface area (Å²) in [4.78, 5) is -0.805. The first-order chi connectivity index (χ1) is 10.4. The summed E-state index contributed by atoms with van der Waals surface area (Å²) in [5.41, 5.74) is 0.110. The molecule has 0 radical (unpaired) electrons. The van der Waals surface area contributed by atoms with Crippen LogP contribution in [0, 0.1) is 29.3 Å². The zero-order chi connectivity index (χ0) is 16.2. The van der Waals surface area contributed by atoms with Crippen molar-refractivity contribution in [1.82, 2.24) is 4.72 Å². The van der Waals surface area contributed by atoms with Crippen molar-refractivity contribution in [3.8, 4) is 11.8 Å². The van der Waals surface area contributed by atoms with E-state index in [4.69, 9.17) is 0 Å². The predicted octanol–water partition coefficient (Wildman–Crippen LogP) is 2.43. The van der Waals surface area contributed by atoms with E-state index in [-0.39, 0.29) is 12.1 Å². The van der Waals surface area contributed by atoms with Gasteiger partial charge in [0, 0.05) is 0 Å². The highest BCUT2D eigenvalue weighted by Gasteiger charge is 2.18. The lowest BCUT2D eigenvalue weighted by molar-refractivity contribution is 0.548. The number of nitrogens with one attached hydrogen (secondary N) is 1. The number of hydrogen-bond acceptors (Lipinski definition) is 2. The molecule has 0 amide bonds. The third-order valence-corrected chi connectivity index (χ3v) is 4.05. The Balaban J connectivity index is 2.12. The fraction of sp³-hybridized carbons (Fsp3) is 0.0667. The molecule has 22 heavy (non-hydrogen) atoms. The Bertz CT molecular complexity index is 855. The van der Waals surface area contributed by atoms with E-state index in [0.717, 1.165) is 12.1 Å². The van der Waals surface area contributed by atoms with E-state index < -0.39 is 32.4 Å². The van der Waals surface area contributed by atoms with Gasteiger partial charge in [-0.25, -0.2) is 21.6 Å². The molecule has 2 aromatic carbocycles. The fourth-order valence-corrected chi connectivity index (χ4v) is 2.60. The smallest absolute Gasteiger partial charge is 0.207 e. The average molecular weight is 325 g/mol. The quantitative estimate of drug-likeness (QED) is 0.881. The van der Waals surface area contributed by atoms with Crippen molar-refractivity contribution in [1.29, 1.82) is 0 Å². The predicted molar refractivity (Wildman–Crippen MR) is 74.8 cm³/mol. The summed E-state index contributed by atoms with van der Waals surface area (Å²) >= 11 is 0. The SMILES string of the molecule is O=S(=O)(NCC#Cc1ccccc1F)c1cc(F)ccc1F. The molecule has 0 fully saturated rings. The lowest BCUT2D eigenvalue weighted by Crippen LogP contribution is -2.25. The average Bonchev–Trinajstić information content (AvgIpc) is 2.48. The molecule has 0 aliphatic heterocycles. The zero-order valence-electron chi connectivity index (χ0n) is 11.1. The maximum Gasteiger partial charge on any atom is 0.244 e. The minimum atomic E-state index is -4.24. The second-order valence-electron chi connectivity index (χ2n) is 4.18. The van der Waals surface area contributed by atoms with Crippen LogP contribution in [-0.2, 0) is 10.0 Å². The molecular formula is C15H10F3NO2S. The zero-order valence-corrected chi connectivity index (χ0v) is 11.9. The summed E-state index contributed by atoms with van der Waals surface area (Å²) in [5, 5.41) is 0. The van der Waals surface area contributed by atoms with Crippen molar-refractivity contribution in [2.24, 2.45) is 0 Å². The van der Waals surface area contributed by atoms with Gasteiger partial charge >= 0.3 is 0 Å². The van der Waals surface area contributed by atoms with Crippen LogP contribution < -0.4 is 4.72 Å². The van der Waals surface area contributed by atoms with Gasteiger partial charge in [-0.3, -0.25) is 0 Å². The second kappa shape index (κ2) is 6.64. The van der Waals surface area contributed by atoms with Gasteiger partial charge in [-0.2, -0.15) is 4.72 Å². The topological polar surface area (TPSA) is 46.2 Å². The van der Waals surface area contributed by atoms with Crippen molar-refractivity contribution in [3.05, 3.63) is 65.5 Å². The molecule has 7 heteroatoms. The third-order valence-electron chi connectivity index (χ3n) is 2.63. The second-order valence-corrected chi connectivity index (χ2v) is 5.92.